The molecule has 0 spiro atoms. The van der Waals surface area contributed by atoms with E-state index in [1.165, 1.54) is 20.8 Å². The highest BCUT2D eigenvalue weighted by Gasteiger charge is 2.57. The quantitative estimate of drug-likeness (QED) is 0.304. The number of allylic oxidation sites excluding steroid dienone is 1. The molecule has 0 aromatic rings. The summed E-state index contributed by atoms with van der Waals surface area (Å²) in [7, 11) is 0. The van der Waals surface area contributed by atoms with E-state index in [1.807, 2.05) is 0 Å². The average molecular weight is 416 g/mol. The first-order valence-electron chi connectivity index (χ1n) is 8.83. The number of aliphatic hydroxyl groups is 1. The third kappa shape index (κ3) is 5.57. The van der Waals surface area contributed by atoms with Gasteiger partial charge >= 0.3 is 11.9 Å². The lowest BCUT2D eigenvalue weighted by molar-refractivity contribution is -0.176. The van der Waals surface area contributed by atoms with Crippen LogP contribution < -0.4 is 0 Å². The van der Waals surface area contributed by atoms with Gasteiger partial charge in [-0.2, -0.15) is 0 Å². The molecule has 2 atom stereocenters. The van der Waals surface area contributed by atoms with Gasteiger partial charge in [0.15, 0.2) is 5.12 Å². The molecule has 1 heterocycles. The van der Waals surface area contributed by atoms with Gasteiger partial charge in [-0.15, -0.1) is 0 Å². The van der Waals surface area contributed by atoms with Crippen LogP contribution in [-0.2, 0) is 28.7 Å². The molecule has 0 saturated carbocycles. The number of amides is 1. The SMILES string of the molecule is CC(=O)S[C@@H]1[C@H](C(C)(C)O)C(=O)N1C(C(=O)OCOC(=O)C(C)(C)C)=C(C)C. The third-order valence-electron chi connectivity index (χ3n) is 3.99. The predicted octanol–water partition coefficient (Wildman–Crippen LogP) is 2.21. The normalized spacial score (nSPS) is 19.6. The van der Waals surface area contributed by atoms with E-state index < -0.39 is 46.9 Å². The van der Waals surface area contributed by atoms with Crippen LogP contribution in [0.3, 0.4) is 0 Å². The topological polar surface area (TPSA) is 110 Å². The minimum Gasteiger partial charge on any atom is -0.427 e. The second kappa shape index (κ2) is 8.65. The Hall–Kier alpha value is -1.87. The molecule has 158 valence electrons. The molecule has 1 rings (SSSR count). The average Bonchev–Trinajstić information content (AvgIpc) is 2.48. The summed E-state index contributed by atoms with van der Waals surface area (Å²) in [5.41, 5.74) is -1.65. The van der Waals surface area contributed by atoms with E-state index in [-0.39, 0.29) is 10.8 Å². The van der Waals surface area contributed by atoms with Crippen LogP contribution in [0.5, 0.6) is 0 Å². The number of β-lactam (4-membered cyclic amide) rings is 1. The van der Waals surface area contributed by atoms with Gasteiger partial charge in [-0.1, -0.05) is 11.8 Å². The zero-order valence-corrected chi connectivity index (χ0v) is 18.4. The molecule has 0 radical (unpaired) electrons. The smallest absolute Gasteiger partial charge is 0.357 e. The van der Waals surface area contributed by atoms with Gasteiger partial charge in [0.25, 0.3) is 0 Å². The van der Waals surface area contributed by atoms with Gasteiger partial charge in [-0.05, 0) is 54.0 Å². The summed E-state index contributed by atoms with van der Waals surface area (Å²) in [6, 6.07) is 0. The number of rotatable bonds is 6. The number of ether oxygens (including phenoxy) is 2. The van der Waals surface area contributed by atoms with Gasteiger partial charge in [0.1, 0.15) is 11.1 Å². The Morgan fingerprint density at radius 3 is 2.00 bits per heavy atom. The van der Waals surface area contributed by atoms with Crippen molar-refractivity contribution in [3.63, 3.8) is 0 Å². The molecule has 28 heavy (non-hydrogen) atoms. The van der Waals surface area contributed by atoms with Gasteiger partial charge in [0.2, 0.25) is 12.7 Å². The monoisotopic (exact) mass is 415 g/mol. The van der Waals surface area contributed by atoms with Crippen LogP contribution in [-0.4, -0.2) is 50.7 Å². The van der Waals surface area contributed by atoms with Crippen LogP contribution in [0.2, 0.25) is 0 Å². The minimum absolute atomic E-state index is 0.0314. The first-order valence-corrected chi connectivity index (χ1v) is 9.71. The Bertz CT molecular complexity index is 696. The molecule has 9 heteroatoms. The number of carbonyl (C=O) groups is 4. The summed E-state index contributed by atoms with van der Waals surface area (Å²) in [5.74, 6) is -2.71. The molecule has 1 N–H and O–H groups in total. The summed E-state index contributed by atoms with van der Waals surface area (Å²) in [5, 5.41) is 9.30. The summed E-state index contributed by atoms with van der Waals surface area (Å²) in [4.78, 5) is 49.8. The van der Waals surface area contributed by atoms with Crippen LogP contribution in [0.1, 0.15) is 55.4 Å². The Kier molecular flexibility index (Phi) is 7.47. The Labute approximate surface area is 169 Å². The number of esters is 2. The molecule has 1 fully saturated rings. The van der Waals surface area contributed by atoms with Crippen LogP contribution >= 0.6 is 11.8 Å². The molecule has 0 aromatic heterocycles. The van der Waals surface area contributed by atoms with Crippen molar-refractivity contribution < 1.29 is 33.8 Å². The van der Waals surface area contributed by atoms with Gasteiger partial charge in [-0.25, -0.2) is 4.79 Å². The number of hydrogen-bond donors (Lipinski definition) is 1. The lowest BCUT2D eigenvalue weighted by atomic mass is 9.82. The highest BCUT2D eigenvalue weighted by atomic mass is 32.2. The number of nitrogens with zero attached hydrogens (tertiary/aromatic N) is 1. The highest BCUT2D eigenvalue weighted by Crippen LogP contribution is 2.44. The molecule has 0 unspecified atom stereocenters. The molecule has 1 amide bonds. The van der Waals surface area contributed by atoms with E-state index >= 15 is 0 Å². The minimum atomic E-state index is -1.36. The van der Waals surface area contributed by atoms with E-state index in [2.05, 4.69) is 0 Å². The number of hydrogen-bond acceptors (Lipinski definition) is 8. The second-order valence-electron chi connectivity index (χ2n) is 8.42. The highest BCUT2D eigenvalue weighted by molar-refractivity contribution is 8.14. The van der Waals surface area contributed by atoms with Gasteiger partial charge in [-0.3, -0.25) is 19.3 Å². The third-order valence-corrected chi connectivity index (χ3v) is 5.05. The van der Waals surface area contributed by atoms with Crippen LogP contribution in [0.25, 0.3) is 0 Å². The van der Waals surface area contributed by atoms with Crippen molar-refractivity contribution >= 4 is 34.7 Å². The maximum atomic E-state index is 12.7. The zero-order chi connectivity index (χ0) is 22.0. The van der Waals surface area contributed by atoms with Crippen LogP contribution in [0.15, 0.2) is 11.3 Å². The Morgan fingerprint density at radius 2 is 1.61 bits per heavy atom. The second-order valence-corrected chi connectivity index (χ2v) is 9.71. The Balaban J connectivity index is 3.00. The fraction of sp³-hybridized carbons (Fsp3) is 0.684. The number of carbonyl (C=O) groups excluding carboxylic acids is 4. The summed E-state index contributed by atoms with van der Waals surface area (Å²) in [6.45, 7) is 12.0. The molecule has 0 aliphatic carbocycles. The van der Waals surface area contributed by atoms with E-state index in [4.69, 9.17) is 9.47 Å². The molecule has 1 aliphatic heterocycles. The number of likely N-dealkylation sites (tertiary alicyclic amines) is 1. The fourth-order valence-electron chi connectivity index (χ4n) is 2.61. The van der Waals surface area contributed by atoms with Crippen LogP contribution in [0, 0.1) is 11.3 Å². The maximum Gasteiger partial charge on any atom is 0.357 e. The van der Waals surface area contributed by atoms with E-state index in [0.717, 1.165) is 16.7 Å². The van der Waals surface area contributed by atoms with E-state index in [0.29, 0.717) is 5.57 Å². The van der Waals surface area contributed by atoms with Crippen molar-refractivity contribution in [1.82, 2.24) is 4.90 Å². The molecular formula is C19H29NO7S. The number of thioether (sulfide) groups is 1. The standard InChI is InChI=1S/C19H29NO7S/c1-10(2)13(16(23)26-9-27-17(24)18(4,5)6)20-14(22)12(19(7,8)25)15(20)28-11(3)21/h12,15,25H,9H2,1-8H3/t12-,15-/m1/s1. The van der Waals surface area contributed by atoms with Crippen molar-refractivity contribution in [2.45, 2.75) is 66.4 Å². The lowest BCUT2D eigenvalue weighted by Gasteiger charge is -2.50. The van der Waals surface area contributed by atoms with Gasteiger partial charge in [0, 0.05) is 6.92 Å². The summed E-state index contributed by atoms with van der Waals surface area (Å²) < 4.78 is 9.94. The lowest BCUT2D eigenvalue weighted by Crippen LogP contribution is -2.66. The largest absolute Gasteiger partial charge is 0.427 e. The Morgan fingerprint density at radius 1 is 1.07 bits per heavy atom. The van der Waals surface area contributed by atoms with Gasteiger partial charge < -0.3 is 14.6 Å². The van der Waals surface area contributed by atoms with Crippen molar-refractivity contribution in [3.8, 4) is 0 Å². The molecular weight excluding hydrogens is 386 g/mol. The van der Waals surface area contributed by atoms with Crippen molar-refractivity contribution in [2.24, 2.45) is 11.3 Å². The fourth-order valence-corrected chi connectivity index (χ4v) is 3.85. The van der Waals surface area contributed by atoms with E-state index in [9.17, 15) is 24.3 Å². The van der Waals surface area contributed by atoms with E-state index in [1.54, 1.807) is 34.6 Å². The maximum absolute atomic E-state index is 12.7. The predicted molar refractivity (Wildman–Crippen MR) is 104 cm³/mol. The summed E-state index contributed by atoms with van der Waals surface area (Å²) in [6.07, 6.45) is 0. The van der Waals surface area contributed by atoms with Crippen molar-refractivity contribution in [1.29, 1.82) is 0 Å². The molecule has 1 saturated heterocycles. The van der Waals surface area contributed by atoms with Gasteiger partial charge in [0.05, 0.1) is 16.9 Å². The van der Waals surface area contributed by atoms with Crippen molar-refractivity contribution in [2.75, 3.05) is 6.79 Å². The van der Waals surface area contributed by atoms with Crippen LogP contribution in [0.4, 0.5) is 0 Å². The zero-order valence-electron chi connectivity index (χ0n) is 17.6. The molecule has 8 nitrogen and oxygen atoms in total. The first kappa shape index (κ1) is 24.2. The first-order chi connectivity index (χ1) is 12.6. The molecule has 0 aromatic carbocycles. The van der Waals surface area contributed by atoms with Crippen molar-refractivity contribution in [3.05, 3.63) is 11.3 Å². The summed E-state index contributed by atoms with van der Waals surface area (Å²) >= 11 is 0.862. The molecule has 1 aliphatic rings. The molecule has 0 bridgehead atoms.